The number of hydrogen-bond acceptors (Lipinski definition) is 3. The summed E-state index contributed by atoms with van der Waals surface area (Å²) in [6.45, 7) is 0.561. The fourth-order valence-corrected chi connectivity index (χ4v) is 3.54. The first kappa shape index (κ1) is 12.9. The Balaban J connectivity index is 2.05. The Hall–Kier alpha value is -0.550. The van der Waals surface area contributed by atoms with Gasteiger partial charge in [0.15, 0.2) is 0 Å². The highest BCUT2D eigenvalue weighted by Gasteiger charge is 2.14. The molecule has 0 aromatic carbocycles. The van der Waals surface area contributed by atoms with Crippen molar-refractivity contribution in [2.24, 2.45) is 0 Å². The molecule has 0 fully saturated rings. The number of amides is 1. The van der Waals surface area contributed by atoms with Crippen molar-refractivity contribution in [3.05, 3.63) is 42.7 Å². The second kappa shape index (κ2) is 5.40. The largest absolute Gasteiger partial charge is 0.336 e. The molecule has 0 unspecified atom stereocenters. The van der Waals surface area contributed by atoms with E-state index in [0.29, 0.717) is 15.8 Å². The molecule has 0 N–H and O–H groups in total. The number of nitrogens with zero attached hydrogens (tertiary/aromatic N) is 1. The molecular weight excluding hydrogens is 297 g/mol. The molecule has 0 saturated heterocycles. The molecule has 0 radical (unpaired) electrons. The molecule has 0 bridgehead atoms. The van der Waals surface area contributed by atoms with Crippen LogP contribution in [0.4, 0.5) is 0 Å². The molecule has 90 valence electrons. The van der Waals surface area contributed by atoms with Gasteiger partial charge in [0.25, 0.3) is 5.91 Å². The molecule has 0 atom stereocenters. The lowest BCUT2D eigenvalue weighted by molar-refractivity contribution is 0.0791. The lowest BCUT2D eigenvalue weighted by atomic mass is 10.4. The van der Waals surface area contributed by atoms with Crippen molar-refractivity contribution in [2.75, 3.05) is 7.05 Å². The lowest BCUT2D eigenvalue weighted by Gasteiger charge is -2.14. The van der Waals surface area contributed by atoms with E-state index in [1.165, 1.54) is 22.7 Å². The number of rotatable bonds is 3. The molecule has 2 rings (SSSR count). The van der Waals surface area contributed by atoms with E-state index in [0.717, 1.165) is 9.21 Å². The SMILES string of the molecule is CN(Cc1ccc(Cl)s1)C(=O)c1ccc(Cl)s1. The van der Waals surface area contributed by atoms with E-state index in [1.54, 1.807) is 24.1 Å². The van der Waals surface area contributed by atoms with E-state index in [1.807, 2.05) is 12.1 Å². The van der Waals surface area contributed by atoms with Crippen LogP contribution in [-0.4, -0.2) is 17.9 Å². The summed E-state index contributed by atoms with van der Waals surface area (Å²) in [4.78, 5) is 15.4. The molecule has 6 heteroatoms. The van der Waals surface area contributed by atoms with Gasteiger partial charge in [0.05, 0.1) is 20.1 Å². The molecule has 2 heterocycles. The zero-order valence-corrected chi connectivity index (χ0v) is 12.1. The molecule has 0 aliphatic carbocycles. The van der Waals surface area contributed by atoms with Gasteiger partial charge in [-0.1, -0.05) is 23.2 Å². The minimum Gasteiger partial charge on any atom is -0.336 e. The number of halogens is 2. The van der Waals surface area contributed by atoms with E-state index >= 15 is 0 Å². The maximum atomic E-state index is 12.0. The zero-order valence-electron chi connectivity index (χ0n) is 8.94. The second-order valence-corrected chi connectivity index (χ2v) is 6.99. The molecule has 1 amide bonds. The monoisotopic (exact) mass is 305 g/mol. The van der Waals surface area contributed by atoms with Crippen LogP contribution in [0.2, 0.25) is 8.67 Å². The quantitative estimate of drug-likeness (QED) is 0.823. The van der Waals surface area contributed by atoms with E-state index in [4.69, 9.17) is 23.2 Å². The molecule has 0 aliphatic heterocycles. The Labute approximate surface area is 117 Å². The van der Waals surface area contributed by atoms with E-state index < -0.39 is 0 Å². The fourth-order valence-electron chi connectivity index (χ4n) is 1.36. The van der Waals surface area contributed by atoms with Crippen LogP contribution in [0.25, 0.3) is 0 Å². The first-order valence-electron chi connectivity index (χ1n) is 4.81. The van der Waals surface area contributed by atoms with E-state index in [9.17, 15) is 4.79 Å². The van der Waals surface area contributed by atoms with Gasteiger partial charge >= 0.3 is 0 Å². The van der Waals surface area contributed by atoms with Crippen LogP contribution in [-0.2, 0) is 6.54 Å². The highest BCUT2D eigenvalue weighted by Crippen LogP contribution is 2.25. The fraction of sp³-hybridized carbons (Fsp3) is 0.182. The lowest BCUT2D eigenvalue weighted by Crippen LogP contribution is -2.24. The predicted molar refractivity (Wildman–Crippen MR) is 74.5 cm³/mol. The molecular formula is C11H9Cl2NOS2. The molecule has 0 saturated carbocycles. The third-order valence-electron chi connectivity index (χ3n) is 2.15. The summed E-state index contributed by atoms with van der Waals surface area (Å²) >= 11 is 14.4. The Morgan fingerprint density at radius 2 is 1.82 bits per heavy atom. The summed E-state index contributed by atoms with van der Waals surface area (Å²) in [7, 11) is 1.77. The minimum absolute atomic E-state index is 0.0218. The van der Waals surface area contributed by atoms with Gasteiger partial charge in [-0.3, -0.25) is 4.79 Å². The Morgan fingerprint density at radius 1 is 1.18 bits per heavy atom. The van der Waals surface area contributed by atoms with Gasteiger partial charge in [0, 0.05) is 11.9 Å². The predicted octanol–water partition coefficient (Wildman–Crippen LogP) is 4.39. The standard InChI is InChI=1S/C11H9Cl2NOS2/c1-14(6-7-2-4-9(12)16-7)11(15)8-3-5-10(13)17-8/h2-5H,6H2,1H3. The second-order valence-electron chi connectivity index (χ2n) is 3.47. The average Bonchev–Trinajstić information content (AvgIpc) is 2.87. The van der Waals surface area contributed by atoms with Gasteiger partial charge in [-0.05, 0) is 24.3 Å². The molecule has 2 aromatic rings. The van der Waals surface area contributed by atoms with Crippen LogP contribution in [0.5, 0.6) is 0 Å². The molecule has 2 aromatic heterocycles. The van der Waals surface area contributed by atoms with Gasteiger partial charge in [-0.25, -0.2) is 0 Å². The van der Waals surface area contributed by atoms with Gasteiger partial charge in [0.2, 0.25) is 0 Å². The van der Waals surface area contributed by atoms with Gasteiger partial charge in [-0.2, -0.15) is 0 Å². The Morgan fingerprint density at radius 3 is 2.35 bits per heavy atom. The van der Waals surface area contributed by atoms with Crippen molar-refractivity contribution in [1.82, 2.24) is 4.90 Å². The van der Waals surface area contributed by atoms with E-state index in [-0.39, 0.29) is 5.91 Å². The normalized spacial score (nSPS) is 10.5. The summed E-state index contributed by atoms with van der Waals surface area (Å²) < 4.78 is 1.36. The van der Waals surface area contributed by atoms with Crippen molar-refractivity contribution in [3.63, 3.8) is 0 Å². The summed E-state index contributed by atoms with van der Waals surface area (Å²) in [5, 5.41) is 0. The highest BCUT2D eigenvalue weighted by atomic mass is 35.5. The number of carbonyl (C=O) groups is 1. The maximum Gasteiger partial charge on any atom is 0.264 e. The maximum absolute atomic E-state index is 12.0. The van der Waals surface area contributed by atoms with Crippen LogP contribution in [0.3, 0.4) is 0 Å². The molecule has 0 spiro atoms. The van der Waals surface area contributed by atoms with Crippen LogP contribution >= 0.6 is 45.9 Å². The van der Waals surface area contributed by atoms with Crippen LogP contribution < -0.4 is 0 Å². The van der Waals surface area contributed by atoms with Crippen molar-refractivity contribution < 1.29 is 4.79 Å². The molecule has 0 aliphatic rings. The van der Waals surface area contributed by atoms with Crippen molar-refractivity contribution in [1.29, 1.82) is 0 Å². The third kappa shape index (κ3) is 3.22. The van der Waals surface area contributed by atoms with Crippen molar-refractivity contribution in [2.45, 2.75) is 6.54 Å². The highest BCUT2D eigenvalue weighted by molar-refractivity contribution is 7.18. The Kier molecular flexibility index (Phi) is 4.09. The third-order valence-corrected chi connectivity index (χ3v) is 4.59. The number of carbonyl (C=O) groups excluding carboxylic acids is 1. The van der Waals surface area contributed by atoms with Gasteiger partial charge < -0.3 is 4.90 Å². The van der Waals surface area contributed by atoms with Crippen molar-refractivity contribution in [3.8, 4) is 0 Å². The molecule has 17 heavy (non-hydrogen) atoms. The first-order valence-corrected chi connectivity index (χ1v) is 7.20. The minimum atomic E-state index is -0.0218. The average molecular weight is 306 g/mol. The zero-order chi connectivity index (χ0) is 12.4. The summed E-state index contributed by atoms with van der Waals surface area (Å²) in [6, 6.07) is 7.24. The van der Waals surface area contributed by atoms with Crippen molar-refractivity contribution >= 4 is 51.8 Å². The molecule has 2 nitrogen and oxygen atoms in total. The number of hydrogen-bond donors (Lipinski definition) is 0. The van der Waals surface area contributed by atoms with E-state index in [2.05, 4.69) is 0 Å². The van der Waals surface area contributed by atoms with Crippen LogP contribution in [0.15, 0.2) is 24.3 Å². The summed E-state index contributed by atoms with van der Waals surface area (Å²) in [6.07, 6.45) is 0. The summed E-state index contributed by atoms with van der Waals surface area (Å²) in [5.41, 5.74) is 0. The number of thiophene rings is 2. The first-order chi connectivity index (χ1) is 8.06. The van der Waals surface area contributed by atoms with Gasteiger partial charge in [-0.15, -0.1) is 22.7 Å². The topological polar surface area (TPSA) is 20.3 Å². The van der Waals surface area contributed by atoms with Gasteiger partial charge in [0.1, 0.15) is 0 Å². The summed E-state index contributed by atoms with van der Waals surface area (Å²) in [5.74, 6) is -0.0218. The van der Waals surface area contributed by atoms with Crippen LogP contribution in [0.1, 0.15) is 14.5 Å². The smallest absolute Gasteiger partial charge is 0.264 e. The Bertz CT molecular complexity index is 535. The van der Waals surface area contributed by atoms with Crippen LogP contribution in [0, 0.1) is 0 Å².